The molecule has 0 unspecified atom stereocenters. The van der Waals surface area contributed by atoms with E-state index in [4.69, 9.17) is 17.3 Å². The molecule has 0 saturated carbocycles. The van der Waals surface area contributed by atoms with Gasteiger partial charge in [-0.25, -0.2) is 9.97 Å². The minimum absolute atomic E-state index is 0. The molecule has 0 amide bonds. The lowest BCUT2D eigenvalue weighted by Gasteiger charge is -2.02. The maximum absolute atomic E-state index is 5.81. The first kappa shape index (κ1) is 16.0. The summed E-state index contributed by atoms with van der Waals surface area (Å²) in [6.45, 7) is 2.05. The number of hydrogen-bond acceptors (Lipinski definition) is 5. The van der Waals surface area contributed by atoms with Crippen LogP contribution in [0.5, 0.6) is 0 Å². The summed E-state index contributed by atoms with van der Waals surface area (Å²) in [7, 11) is 0. The van der Waals surface area contributed by atoms with Crippen LogP contribution in [-0.4, -0.2) is 20.7 Å². The van der Waals surface area contributed by atoms with Crippen LogP contribution in [0, 0.1) is 6.92 Å². The largest absolute Gasteiger partial charge is 0.384 e. The number of pyridine rings is 1. The number of anilines is 1. The highest BCUT2D eigenvalue weighted by atomic mass is 35.5. The van der Waals surface area contributed by atoms with Gasteiger partial charge in [-0.05, 0) is 31.0 Å². The lowest BCUT2D eigenvalue weighted by Crippen LogP contribution is -1.97. The molecule has 2 aromatic heterocycles. The van der Waals surface area contributed by atoms with Gasteiger partial charge in [-0.3, -0.25) is 4.98 Å². The predicted molar refractivity (Wildman–Crippen MR) is 82.1 cm³/mol. The standard InChI is InChI=1S/C12H13ClN4S.ClH/c1-8-2-4-15-9(6-8)3-5-18-12-16-10(13)7-11(14)17-12;/h2,4,6-7H,3,5H2,1H3,(H2,14,16,17);1H. The number of aryl methyl sites for hydroxylation is 2. The molecule has 2 heterocycles. The van der Waals surface area contributed by atoms with Gasteiger partial charge >= 0.3 is 0 Å². The number of rotatable bonds is 4. The van der Waals surface area contributed by atoms with Crippen LogP contribution in [-0.2, 0) is 6.42 Å². The Morgan fingerprint density at radius 2 is 2.11 bits per heavy atom. The molecule has 4 nitrogen and oxygen atoms in total. The van der Waals surface area contributed by atoms with Crippen LogP contribution in [0.2, 0.25) is 5.15 Å². The minimum atomic E-state index is 0. The van der Waals surface area contributed by atoms with Crippen molar-refractivity contribution in [2.24, 2.45) is 0 Å². The fraction of sp³-hybridized carbons (Fsp3) is 0.250. The van der Waals surface area contributed by atoms with Crippen molar-refractivity contribution in [1.82, 2.24) is 15.0 Å². The zero-order chi connectivity index (χ0) is 13.0. The van der Waals surface area contributed by atoms with E-state index >= 15 is 0 Å². The molecule has 0 radical (unpaired) electrons. The molecule has 0 aliphatic rings. The van der Waals surface area contributed by atoms with Crippen LogP contribution in [0.1, 0.15) is 11.3 Å². The van der Waals surface area contributed by atoms with Crippen molar-refractivity contribution in [3.8, 4) is 0 Å². The van der Waals surface area contributed by atoms with E-state index in [-0.39, 0.29) is 12.4 Å². The van der Waals surface area contributed by atoms with Gasteiger partial charge in [-0.2, -0.15) is 0 Å². The zero-order valence-electron chi connectivity index (χ0n) is 10.3. The highest BCUT2D eigenvalue weighted by molar-refractivity contribution is 7.99. The molecule has 19 heavy (non-hydrogen) atoms. The van der Waals surface area contributed by atoms with E-state index in [1.165, 1.54) is 23.4 Å². The summed E-state index contributed by atoms with van der Waals surface area (Å²) in [6.07, 6.45) is 2.69. The van der Waals surface area contributed by atoms with Crippen molar-refractivity contribution in [3.63, 3.8) is 0 Å². The van der Waals surface area contributed by atoms with E-state index < -0.39 is 0 Å². The molecular formula is C12H14Cl2N4S. The molecule has 2 N–H and O–H groups in total. The van der Waals surface area contributed by atoms with Crippen molar-refractivity contribution in [2.75, 3.05) is 11.5 Å². The summed E-state index contributed by atoms with van der Waals surface area (Å²) in [4.78, 5) is 12.5. The summed E-state index contributed by atoms with van der Waals surface area (Å²) < 4.78 is 0. The maximum atomic E-state index is 5.81. The third-order valence-electron chi connectivity index (χ3n) is 2.26. The number of nitrogen functional groups attached to an aromatic ring is 1. The molecule has 0 aliphatic heterocycles. The van der Waals surface area contributed by atoms with E-state index in [9.17, 15) is 0 Å². The predicted octanol–water partition coefficient (Wildman–Crippen LogP) is 3.17. The Morgan fingerprint density at radius 1 is 1.32 bits per heavy atom. The van der Waals surface area contributed by atoms with Crippen LogP contribution in [0.15, 0.2) is 29.6 Å². The third-order valence-corrected chi connectivity index (χ3v) is 3.30. The van der Waals surface area contributed by atoms with Crippen LogP contribution in [0.3, 0.4) is 0 Å². The Bertz CT molecular complexity index is 531. The molecule has 7 heteroatoms. The lowest BCUT2D eigenvalue weighted by molar-refractivity contribution is 0.967. The van der Waals surface area contributed by atoms with Gasteiger partial charge in [0.15, 0.2) is 5.16 Å². The molecule has 2 aromatic rings. The van der Waals surface area contributed by atoms with E-state index in [1.54, 1.807) is 0 Å². The number of hydrogen-bond donors (Lipinski definition) is 1. The number of thioether (sulfide) groups is 1. The first-order valence-corrected chi connectivity index (χ1v) is 6.84. The Morgan fingerprint density at radius 3 is 2.79 bits per heavy atom. The van der Waals surface area contributed by atoms with E-state index in [0.717, 1.165) is 17.9 Å². The molecule has 0 saturated heterocycles. The number of nitrogens with two attached hydrogens (primary N) is 1. The molecule has 102 valence electrons. The Balaban J connectivity index is 0.00000180. The second kappa shape index (κ2) is 7.53. The van der Waals surface area contributed by atoms with Gasteiger partial charge in [-0.1, -0.05) is 23.4 Å². The lowest BCUT2D eigenvalue weighted by atomic mass is 10.2. The third kappa shape index (κ3) is 5.22. The first-order valence-electron chi connectivity index (χ1n) is 5.48. The van der Waals surface area contributed by atoms with Gasteiger partial charge < -0.3 is 5.73 Å². The first-order chi connectivity index (χ1) is 8.63. The van der Waals surface area contributed by atoms with Gasteiger partial charge in [0.1, 0.15) is 11.0 Å². The zero-order valence-corrected chi connectivity index (χ0v) is 12.7. The number of aromatic nitrogens is 3. The Kier molecular flexibility index (Phi) is 6.34. The second-order valence-corrected chi connectivity index (χ2v) is 5.27. The molecular weight excluding hydrogens is 303 g/mol. The summed E-state index contributed by atoms with van der Waals surface area (Å²) in [5.74, 6) is 1.24. The average molecular weight is 317 g/mol. The monoisotopic (exact) mass is 316 g/mol. The Hall–Kier alpha value is -1.04. The average Bonchev–Trinajstić information content (AvgIpc) is 2.27. The number of nitrogens with zero attached hydrogens (tertiary/aromatic N) is 3. The molecule has 0 aliphatic carbocycles. The van der Waals surface area contributed by atoms with Crippen LogP contribution in [0.4, 0.5) is 5.82 Å². The van der Waals surface area contributed by atoms with E-state index in [0.29, 0.717) is 16.1 Å². The highest BCUT2D eigenvalue weighted by Gasteiger charge is 2.03. The smallest absolute Gasteiger partial charge is 0.190 e. The quantitative estimate of drug-likeness (QED) is 0.533. The maximum Gasteiger partial charge on any atom is 0.190 e. The molecule has 0 fully saturated rings. The second-order valence-electron chi connectivity index (χ2n) is 3.82. The summed E-state index contributed by atoms with van der Waals surface area (Å²) >= 11 is 7.33. The number of halogens is 2. The fourth-order valence-corrected chi connectivity index (χ4v) is 2.53. The summed E-state index contributed by atoms with van der Waals surface area (Å²) in [5.41, 5.74) is 7.88. The summed E-state index contributed by atoms with van der Waals surface area (Å²) in [5, 5.41) is 0.978. The normalized spacial score (nSPS) is 10.0. The van der Waals surface area contributed by atoms with Crippen molar-refractivity contribution in [2.45, 2.75) is 18.5 Å². The van der Waals surface area contributed by atoms with Crippen molar-refractivity contribution >= 4 is 41.6 Å². The van der Waals surface area contributed by atoms with Gasteiger partial charge in [-0.15, -0.1) is 12.4 Å². The van der Waals surface area contributed by atoms with Crippen molar-refractivity contribution in [3.05, 3.63) is 40.8 Å². The minimum Gasteiger partial charge on any atom is -0.384 e. The van der Waals surface area contributed by atoms with Crippen LogP contribution < -0.4 is 5.73 Å². The van der Waals surface area contributed by atoms with Gasteiger partial charge in [0.2, 0.25) is 0 Å². The SMILES string of the molecule is Cc1ccnc(CCSc2nc(N)cc(Cl)n2)c1.Cl. The Labute approximate surface area is 127 Å². The fourth-order valence-electron chi connectivity index (χ4n) is 1.46. The van der Waals surface area contributed by atoms with Crippen molar-refractivity contribution in [1.29, 1.82) is 0 Å². The molecule has 0 aromatic carbocycles. The molecule has 0 spiro atoms. The van der Waals surface area contributed by atoms with E-state index in [2.05, 4.69) is 27.9 Å². The van der Waals surface area contributed by atoms with Crippen LogP contribution >= 0.6 is 35.8 Å². The van der Waals surface area contributed by atoms with Gasteiger partial charge in [0.25, 0.3) is 0 Å². The molecule has 0 atom stereocenters. The topological polar surface area (TPSA) is 64.7 Å². The van der Waals surface area contributed by atoms with Gasteiger partial charge in [0.05, 0.1) is 0 Å². The van der Waals surface area contributed by atoms with Gasteiger partial charge in [0, 0.05) is 23.7 Å². The molecule has 2 rings (SSSR count). The molecule has 0 bridgehead atoms. The van der Waals surface area contributed by atoms with Crippen LogP contribution in [0.25, 0.3) is 0 Å². The summed E-state index contributed by atoms with van der Waals surface area (Å²) in [6, 6.07) is 5.60. The van der Waals surface area contributed by atoms with Crippen molar-refractivity contribution < 1.29 is 0 Å². The highest BCUT2D eigenvalue weighted by Crippen LogP contribution is 2.18. The van der Waals surface area contributed by atoms with E-state index in [1.807, 2.05) is 12.3 Å².